The lowest BCUT2D eigenvalue weighted by atomic mass is 10.0. The van der Waals surface area contributed by atoms with Crippen LogP contribution in [0.3, 0.4) is 0 Å². The molecular formula is C11H15N5O. The molecule has 17 heavy (non-hydrogen) atoms. The Labute approximate surface area is 99.0 Å². The van der Waals surface area contributed by atoms with Crippen molar-refractivity contribution in [3.05, 3.63) is 18.3 Å². The average molecular weight is 233 g/mol. The molecule has 0 aromatic carbocycles. The minimum absolute atomic E-state index is 0.227. The molecule has 2 aromatic rings. The predicted octanol–water partition coefficient (Wildman–Crippen LogP) is 1.28. The fourth-order valence-electron chi connectivity index (χ4n) is 2.08. The molecule has 6 heteroatoms. The fraction of sp³-hybridized carbons (Fsp3) is 0.545. The number of hydrogen-bond donors (Lipinski definition) is 1. The molecule has 1 aliphatic rings. The molecule has 0 bridgehead atoms. The van der Waals surface area contributed by atoms with Gasteiger partial charge in [-0.2, -0.15) is 4.98 Å². The van der Waals surface area contributed by atoms with Gasteiger partial charge in [0.05, 0.1) is 12.4 Å². The molecule has 0 radical (unpaired) electrons. The van der Waals surface area contributed by atoms with Gasteiger partial charge in [-0.15, -0.1) is 0 Å². The summed E-state index contributed by atoms with van der Waals surface area (Å²) in [6.07, 6.45) is 7.09. The van der Waals surface area contributed by atoms with Crippen molar-refractivity contribution in [2.75, 3.05) is 6.54 Å². The number of nitrogens with one attached hydrogen (secondary N) is 1. The van der Waals surface area contributed by atoms with Crippen LogP contribution >= 0.6 is 0 Å². The quantitative estimate of drug-likeness (QED) is 0.846. The van der Waals surface area contributed by atoms with Gasteiger partial charge in [-0.3, -0.25) is 0 Å². The molecule has 90 valence electrons. The van der Waals surface area contributed by atoms with Crippen molar-refractivity contribution in [3.63, 3.8) is 0 Å². The van der Waals surface area contributed by atoms with Crippen LogP contribution in [0.2, 0.25) is 0 Å². The lowest BCUT2D eigenvalue weighted by Crippen LogP contribution is -2.27. The molecule has 1 N–H and O–H groups in total. The van der Waals surface area contributed by atoms with Gasteiger partial charge in [0, 0.05) is 13.2 Å². The molecule has 0 spiro atoms. The number of nitrogens with zero attached hydrogens (tertiary/aromatic N) is 4. The van der Waals surface area contributed by atoms with Crippen molar-refractivity contribution in [2.45, 2.75) is 25.3 Å². The third-order valence-electron chi connectivity index (χ3n) is 2.99. The summed E-state index contributed by atoms with van der Waals surface area (Å²) in [6.45, 7) is 1.03. The predicted molar refractivity (Wildman–Crippen MR) is 61.1 cm³/mol. The van der Waals surface area contributed by atoms with Crippen molar-refractivity contribution in [2.24, 2.45) is 7.05 Å². The summed E-state index contributed by atoms with van der Waals surface area (Å²) in [5.74, 6) is 1.23. The Hall–Kier alpha value is -1.69. The van der Waals surface area contributed by atoms with Gasteiger partial charge >= 0.3 is 0 Å². The highest BCUT2D eigenvalue weighted by Gasteiger charge is 2.21. The van der Waals surface area contributed by atoms with Gasteiger partial charge in [-0.05, 0) is 19.4 Å². The first-order chi connectivity index (χ1) is 8.33. The van der Waals surface area contributed by atoms with Crippen LogP contribution in [0, 0.1) is 0 Å². The summed E-state index contributed by atoms with van der Waals surface area (Å²) in [4.78, 5) is 8.59. The van der Waals surface area contributed by atoms with Crippen LogP contribution < -0.4 is 5.32 Å². The molecule has 1 fully saturated rings. The van der Waals surface area contributed by atoms with E-state index in [0.29, 0.717) is 5.89 Å². The first-order valence-electron chi connectivity index (χ1n) is 5.88. The van der Waals surface area contributed by atoms with Gasteiger partial charge in [0.25, 0.3) is 5.89 Å². The second-order valence-electron chi connectivity index (χ2n) is 4.38. The Kier molecular flexibility index (Phi) is 2.64. The van der Waals surface area contributed by atoms with Crippen molar-refractivity contribution < 1.29 is 4.52 Å². The molecule has 1 aliphatic heterocycles. The van der Waals surface area contributed by atoms with E-state index >= 15 is 0 Å². The first-order valence-corrected chi connectivity index (χ1v) is 5.88. The second-order valence-corrected chi connectivity index (χ2v) is 4.38. The van der Waals surface area contributed by atoms with Crippen LogP contribution in [-0.2, 0) is 7.05 Å². The number of aryl methyl sites for hydroxylation is 1. The van der Waals surface area contributed by atoms with Gasteiger partial charge in [-0.25, -0.2) is 4.98 Å². The van der Waals surface area contributed by atoms with E-state index in [2.05, 4.69) is 20.4 Å². The third kappa shape index (κ3) is 2.08. The lowest BCUT2D eigenvalue weighted by Gasteiger charge is -2.19. The highest BCUT2D eigenvalue weighted by atomic mass is 16.5. The molecule has 1 saturated heterocycles. The Bertz CT molecular complexity index is 497. The number of hydrogen-bond acceptors (Lipinski definition) is 5. The van der Waals surface area contributed by atoms with Gasteiger partial charge in [0.2, 0.25) is 0 Å². The minimum atomic E-state index is 0.227. The highest BCUT2D eigenvalue weighted by Crippen LogP contribution is 2.22. The van der Waals surface area contributed by atoms with E-state index in [4.69, 9.17) is 4.52 Å². The monoisotopic (exact) mass is 233 g/mol. The molecule has 1 atom stereocenters. The van der Waals surface area contributed by atoms with Crippen LogP contribution in [0.4, 0.5) is 0 Å². The van der Waals surface area contributed by atoms with E-state index in [1.54, 1.807) is 6.33 Å². The van der Waals surface area contributed by atoms with Crippen molar-refractivity contribution in [1.82, 2.24) is 25.0 Å². The SMILES string of the molecule is Cn1cnc(-c2nc(C3CCCCN3)no2)c1. The smallest absolute Gasteiger partial charge is 0.278 e. The lowest BCUT2D eigenvalue weighted by molar-refractivity contribution is 0.366. The van der Waals surface area contributed by atoms with Gasteiger partial charge in [0.1, 0.15) is 5.69 Å². The number of rotatable bonds is 2. The van der Waals surface area contributed by atoms with E-state index in [1.165, 1.54) is 12.8 Å². The minimum Gasteiger partial charge on any atom is -0.340 e. The Morgan fingerprint density at radius 3 is 3.12 bits per heavy atom. The zero-order valence-electron chi connectivity index (χ0n) is 9.76. The van der Waals surface area contributed by atoms with E-state index in [9.17, 15) is 0 Å². The summed E-state index contributed by atoms with van der Waals surface area (Å²) in [5, 5.41) is 7.42. The average Bonchev–Trinajstić information content (AvgIpc) is 2.98. The van der Waals surface area contributed by atoms with Crippen molar-refractivity contribution >= 4 is 0 Å². The number of imidazole rings is 1. The number of aromatic nitrogens is 4. The summed E-state index contributed by atoms with van der Waals surface area (Å²) >= 11 is 0. The molecule has 0 aliphatic carbocycles. The Morgan fingerprint density at radius 2 is 2.41 bits per heavy atom. The first kappa shape index (κ1) is 10.5. The summed E-state index contributed by atoms with van der Waals surface area (Å²) in [5.41, 5.74) is 0.724. The standard InChI is InChI=1S/C11H15N5O/c1-16-6-9(13-7-16)11-14-10(15-17-11)8-4-2-3-5-12-8/h6-8,12H,2-5H2,1H3. The summed E-state index contributed by atoms with van der Waals surface area (Å²) in [7, 11) is 1.91. The molecule has 3 heterocycles. The maximum absolute atomic E-state index is 5.24. The zero-order chi connectivity index (χ0) is 11.7. The largest absolute Gasteiger partial charge is 0.340 e. The van der Waals surface area contributed by atoms with E-state index in [-0.39, 0.29) is 6.04 Å². The van der Waals surface area contributed by atoms with E-state index in [0.717, 1.165) is 24.5 Å². The van der Waals surface area contributed by atoms with Crippen LogP contribution in [0.5, 0.6) is 0 Å². The Balaban J connectivity index is 1.82. The molecule has 3 rings (SSSR count). The molecule has 1 unspecified atom stereocenters. The molecular weight excluding hydrogens is 218 g/mol. The van der Waals surface area contributed by atoms with Crippen molar-refractivity contribution in [3.8, 4) is 11.6 Å². The van der Waals surface area contributed by atoms with Crippen molar-refractivity contribution in [1.29, 1.82) is 0 Å². The second kappa shape index (κ2) is 4.29. The topological polar surface area (TPSA) is 68.8 Å². The molecule has 6 nitrogen and oxygen atoms in total. The Morgan fingerprint density at radius 1 is 1.47 bits per heavy atom. The zero-order valence-corrected chi connectivity index (χ0v) is 9.76. The van der Waals surface area contributed by atoms with Crippen LogP contribution in [0.25, 0.3) is 11.6 Å². The molecule has 2 aromatic heterocycles. The molecule has 0 saturated carbocycles. The van der Waals surface area contributed by atoms with Gasteiger partial charge in [-0.1, -0.05) is 11.6 Å². The van der Waals surface area contributed by atoms with Gasteiger partial charge in [0.15, 0.2) is 5.82 Å². The number of piperidine rings is 1. The van der Waals surface area contributed by atoms with E-state index < -0.39 is 0 Å². The molecule has 0 amide bonds. The van der Waals surface area contributed by atoms with Gasteiger partial charge < -0.3 is 14.4 Å². The maximum atomic E-state index is 5.24. The van der Waals surface area contributed by atoms with Crippen LogP contribution in [-0.4, -0.2) is 26.2 Å². The maximum Gasteiger partial charge on any atom is 0.278 e. The van der Waals surface area contributed by atoms with E-state index in [1.807, 2.05) is 17.8 Å². The summed E-state index contributed by atoms with van der Waals surface area (Å²) < 4.78 is 7.10. The third-order valence-corrected chi connectivity index (χ3v) is 2.99. The normalized spacial score (nSPS) is 20.6. The fourth-order valence-corrected chi connectivity index (χ4v) is 2.08. The van der Waals surface area contributed by atoms with Crippen LogP contribution in [0.15, 0.2) is 17.0 Å². The highest BCUT2D eigenvalue weighted by molar-refractivity contribution is 5.44. The summed E-state index contributed by atoms with van der Waals surface area (Å²) in [6, 6.07) is 0.227. The van der Waals surface area contributed by atoms with Crippen LogP contribution in [0.1, 0.15) is 31.1 Å².